The van der Waals surface area contributed by atoms with Crippen molar-refractivity contribution >= 4 is 21.6 Å². The van der Waals surface area contributed by atoms with Gasteiger partial charge in [-0.25, -0.2) is 8.78 Å². The van der Waals surface area contributed by atoms with Crippen LogP contribution in [0.2, 0.25) is 0 Å². The van der Waals surface area contributed by atoms with E-state index in [2.05, 4.69) is 26.2 Å². The summed E-state index contributed by atoms with van der Waals surface area (Å²) >= 11 is 3.24. The van der Waals surface area contributed by atoms with E-state index in [4.69, 9.17) is 0 Å². The topological polar surface area (TPSA) is 24.9 Å². The van der Waals surface area contributed by atoms with E-state index in [1.54, 1.807) is 12.3 Å². The highest BCUT2D eigenvalue weighted by Crippen LogP contribution is 2.23. The number of hydrogen-bond donors (Lipinski definition) is 1. The molecule has 0 aliphatic heterocycles. The maximum Gasteiger partial charge on any atom is 0.141 e. The molecule has 0 amide bonds. The van der Waals surface area contributed by atoms with E-state index in [0.717, 1.165) is 17.4 Å². The van der Waals surface area contributed by atoms with Gasteiger partial charge in [0.2, 0.25) is 0 Å². The van der Waals surface area contributed by atoms with Gasteiger partial charge in [-0.2, -0.15) is 0 Å². The highest BCUT2D eigenvalue weighted by molar-refractivity contribution is 9.10. The van der Waals surface area contributed by atoms with Crippen LogP contribution in [0.5, 0.6) is 0 Å². The zero-order chi connectivity index (χ0) is 12.3. The van der Waals surface area contributed by atoms with Crippen molar-refractivity contribution in [1.82, 2.24) is 4.98 Å². The van der Waals surface area contributed by atoms with Crippen LogP contribution in [-0.2, 0) is 6.54 Å². The molecule has 0 fully saturated rings. The summed E-state index contributed by atoms with van der Waals surface area (Å²) in [5.74, 6) is -0.683. The zero-order valence-corrected chi connectivity index (χ0v) is 10.3. The lowest BCUT2D eigenvalue weighted by Crippen LogP contribution is -2.01. The molecule has 0 unspecified atom stereocenters. The van der Waals surface area contributed by atoms with Gasteiger partial charge in [0, 0.05) is 22.9 Å². The molecule has 88 valence electrons. The predicted molar refractivity (Wildman–Crippen MR) is 65.6 cm³/mol. The monoisotopic (exact) mass is 298 g/mol. The average Bonchev–Trinajstić information content (AvgIpc) is 2.28. The second kappa shape index (κ2) is 5.23. The summed E-state index contributed by atoms with van der Waals surface area (Å²) in [7, 11) is 0. The van der Waals surface area contributed by atoms with Gasteiger partial charge in [0.1, 0.15) is 11.6 Å². The Morgan fingerprint density at radius 3 is 2.65 bits per heavy atom. The van der Waals surface area contributed by atoms with E-state index in [1.807, 2.05) is 0 Å². The van der Waals surface area contributed by atoms with Crippen molar-refractivity contribution in [2.24, 2.45) is 0 Å². The summed E-state index contributed by atoms with van der Waals surface area (Å²) < 4.78 is 26.3. The first-order valence-electron chi connectivity index (χ1n) is 4.93. The minimum atomic E-state index is -0.373. The minimum Gasteiger partial charge on any atom is -0.380 e. The Labute approximate surface area is 106 Å². The smallest absolute Gasteiger partial charge is 0.141 e. The van der Waals surface area contributed by atoms with Crippen molar-refractivity contribution in [3.05, 3.63) is 58.3 Å². The Hall–Kier alpha value is -1.49. The second-order valence-corrected chi connectivity index (χ2v) is 4.34. The lowest BCUT2D eigenvalue weighted by molar-refractivity contribution is 0.619. The fraction of sp³-hybridized carbons (Fsp3) is 0.0833. The molecular weight excluding hydrogens is 290 g/mol. The Morgan fingerprint density at radius 1 is 1.12 bits per heavy atom. The van der Waals surface area contributed by atoms with Gasteiger partial charge in [-0.15, -0.1) is 0 Å². The first-order chi connectivity index (χ1) is 8.15. The standard InChI is InChI=1S/C12H9BrF2N2/c13-11-4-9(14)1-2-12(11)17-6-8-3-10(15)7-16-5-8/h1-5,7,17H,6H2. The Kier molecular flexibility index (Phi) is 3.68. The maximum absolute atomic E-state index is 12.9. The molecule has 0 spiro atoms. The molecule has 2 nitrogen and oxygen atoms in total. The highest BCUT2D eigenvalue weighted by Gasteiger charge is 2.02. The molecule has 1 heterocycles. The van der Waals surface area contributed by atoms with E-state index in [1.165, 1.54) is 18.2 Å². The number of halogens is 3. The van der Waals surface area contributed by atoms with Gasteiger partial charge in [0.15, 0.2) is 0 Å². The fourth-order valence-corrected chi connectivity index (χ4v) is 1.87. The molecule has 0 saturated heterocycles. The van der Waals surface area contributed by atoms with Gasteiger partial charge in [-0.05, 0) is 45.8 Å². The van der Waals surface area contributed by atoms with Gasteiger partial charge in [-0.3, -0.25) is 4.98 Å². The van der Waals surface area contributed by atoms with Gasteiger partial charge < -0.3 is 5.32 Å². The van der Waals surface area contributed by atoms with Crippen molar-refractivity contribution < 1.29 is 8.78 Å². The molecule has 1 aromatic heterocycles. The molecule has 17 heavy (non-hydrogen) atoms. The summed E-state index contributed by atoms with van der Waals surface area (Å²) in [4.78, 5) is 3.75. The number of pyridine rings is 1. The third-order valence-electron chi connectivity index (χ3n) is 2.18. The maximum atomic E-state index is 12.9. The van der Waals surface area contributed by atoms with Gasteiger partial charge in [-0.1, -0.05) is 0 Å². The van der Waals surface area contributed by atoms with E-state index >= 15 is 0 Å². The number of anilines is 1. The van der Waals surface area contributed by atoms with Crippen molar-refractivity contribution in [3.63, 3.8) is 0 Å². The van der Waals surface area contributed by atoms with Crippen molar-refractivity contribution in [2.75, 3.05) is 5.32 Å². The molecule has 0 saturated carbocycles. The van der Waals surface area contributed by atoms with Crippen LogP contribution in [0.4, 0.5) is 14.5 Å². The van der Waals surface area contributed by atoms with Crippen molar-refractivity contribution in [3.8, 4) is 0 Å². The lowest BCUT2D eigenvalue weighted by Gasteiger charge is -2.08. The molecular formula is C12H9BrF2N2. The number of nitrogens with one attached hydrogen (secondary N) is 1. The number of nitrogens with zero attached hydrogens (tertiary/aromatic N) is 1. The quantitative estimate of drug-likeness (QED) is 0.934. The third kappa shape index (κ3) is 3.23. The second-order valence-electron chi connectivity index (χ2n) is 3.49. The van der Waals surface area contributed by atoms with E-state index in [0.29, 0.717) is 11.0 Å². The number of rotatable bonds is 3. The summed E-state index contributed by atoms with van der Waals surface area (Å²) in [6, 6.07) is 5.74. The molecule has 0 aliphatic carbocycles. The Balaban J connectivity index is 2.07. The molecule has 1 N–H and O–H groups in total. The number of benzene rings is 1. The molecule has 2 rings (SSSR count). The Bertz CT molecular complexity index is 532. The first-order valence-corrected chi connectivity index (χ1v) is 5.73. The normalized spacial score (nSPS) is 10.3. The SMILES string of the molecule is Fc1cncc(CNc2ccc(F)cc2Br)c1. The van der Waals surface area contributed by atoms with Crippen LogP contribution in [0.25, 0.3) is 0 Å². The van der Waals surface area contributed by atoms with Gasteiger partial charge in [0.25, 0.3) is 0 Å². The summed E-state index contributed by atoms with van der Waals surface area (Å²) in [6.45, 7) is 0.426. The zero-order valence-electron chi connectivity index (χ0n) is 8.75. The highest BCUT2D eigenvalue weighted by atomic mass is 79.9. The average molecular weight is 299 g/mol. The van der Waals surface area contributed by atoms with Crippen LogP contribution in [0.1, 0.15) is 5.56 Å². The van der Waals surface area contributed by atoms with Crippen LogP contribution >= 0.6 is 15.9 Å². The molecule has 0 radical (unpaired) electrons. The number of hydrogen-bond acceptors (Lipinski definition) is 2. The third-order valence-corrected chi connectivity index (χ3v) is 2.83. The molecule has 1 aromatic carbocycles. The summed E-state index contributed by atoms with van der Waals surface area (Å²) in [5.41, 5.74) is 1.47. The minimum absolute atomic E-state index is 0.310. The van der Waals surface area contributed by atoms with E-state index in [-0.39, 0.29) is 11.6 Å². The Morgan fingerprint density at radius 2 is 1.94 bits per heavy atom. The van der Waals surface area contributed by atoms with Gasteiger partial charge in [0.05, 0.1) is 6.20 Å². The van der Waals surface area contributed by atoms with Crippen LogP contribution in [0, 0.1) is 11.6 Å². The largest absolute Gasteiger partial charge is 0.380 e. The molecule has 0 bridgehead atoms. The van der Waals surface area contributed by atoms with E-state index < -0.39 is 0 Å². The molecule has 0 atom stereocenters. The first kappa shape index (κ1) is 12.0. The van der Waals surface area contributed by atoms with Crippen molar-refractivity contribution in [1.29, 1.82) is 0 Å². The summed E-state index contributed by atoms with van der Waals surface area (Å²) in [5, 5.41) is 3.06. The van der Waals surface area contributed by atoms with Gasteiger partial charge >= 0.3 is 0 Å². The lowest BCUT2D eigenvalue weighted by atomic mass is 10.2. The van der Waals surface area contributed by atoms with Crippen LogP contribution in [0.15, 0.2) is 41.1 Å². The predicted octanol–water partition coefficient (Wildman–Crippen LogP) is 3.73. The van der Waals surface area contributed by atoms with Crippen molar-refractivity contribution in [2.45, 2.75) is 6.54 Å². The molecule has 0 aliphatic rings. The molecule has 2 aromatic rings. The van der Waals surface area contributed by atoms with Crippen LogP contribution in [0.3, 0.4) is 0 Å². The van der Waals surface area contributed by atoms with E-state index in [9.17, 15) is 8.78 Å². The summed E-state index contributed by atoms with van der Waals surface area (Å²) in [6.07, 6.45) is 2.73. The van der Waals surface area contributed by atoms with Crippen LogP contribution in [-0.4, -0.2) is 4.98 Å². The molecule has 5 heteroatoms. The fourth-order valence-electron chi connectivity index (χ4n) is 1.38. The van der Waals surface area contributed by atoms with Crippen LogP contribution < -0.4 is 5.32 Å². The number of aromatic nitrogens is 1.